The predicted molar refractivity (Wildman–Crippen MR) is 98.1 cm³/mol. The predicted octanol–water partition coefficient (Wildman–Crippen LogP) is 5.99. The summed E-state index contributed by atoms with van der Waals surface area (Å²) in [5.41, 5.74) is 0. The average Bonchev–Trinajstić information content (AvgIpc) is 1.89. The molecule has 0 radical (unpaired) electrons. The van der Waals surface area contributed by atoms with Gasteiger partial charge in [-0.3, -0.25) is 0 Å². The van der Waals surface area contributed by atoms with Crippen LogP contribution in [0.3, 0.4) is 0 Å². The zero-order valence-electron chi connectivity index (χ0n) is 14.9. The fraction of sp³-hybridized carbons (Fsp3) is 0.933. The molecule has 0 aliphatic rings. The van der Waals surface area contributed by atoms with Crippen molar-refractivity contribution >= 4 is 28.2 Å². The summed E-state index contributed by atoms with van der Waals surface area (Å²) in [7, 11) is -2.44. The first-order valence-corrected chi connectivity index (χ1v) is 15.5. The van der Waals surface area contributed by atoms with Gasteiger partial charge in [0.2, 0.25) is 0 Å². The van der Waals surface area contributed by atoms with Crippen LogP contribution in [-0.2, 0) is 0 Å². The summed E-state index contributed by atoms with van der Waals surface area (Å²) in [4.78, 5) is 0. The summed E-state index contributed by atoms with van der Waals surface area (Å²) in [5, 5.41) is 0.868. The Morgan fingerprint density at radius 1 is 0.611 bits per heavy atom. The van der Waals surface area contributed by atoms with E-state index in [9.17, 15) is 0 Å². The Morgan fingerprint density at radius 3 is 0.889 bits per heavy atom. The molecule has 0 spiro atoms. The smallest absolute Gasteiger partial charge is 0.0628 e. The van der Waals surface area contributed by atoms with Gasteiger partial charge in [0.05, 0.1) is 12.1 Å². The van der Waals surface area contributed by atoms with Crippen LogP contribution < -0.4 is 0 Å². The lowest BCUT2D eigenvalue weighted by Crippen LogP contribution is -2.51. The molecule has 0 N–H and O–H groups in total. The largest absolute Gasteiger partial charge is 0.119 e. The summed E-state index contributed by atoms with van der Waals surface area (Å²) >= 11 is 0. The van der Waals surface area contributed by atoms with Gasteiger partial charge in [-0.25, -0.2) is 0 Å². The fourth-order valence-corrected chi connectivity index (χ4v) is 25.2. The first kappa shape index (κ1) is 18.6. The molecular weight excluding hydrogens is 267 g/mol. The number of rotatable bonds is 2. The molecule has 0 aliphatic heterocycles. The van der Waals surface area contributed by atoms with Crippen molar-refractivity contribution < 1.29 is 0 Å². The van der Waals surface area contributed by atoms with Gasteiger partial charge in [-0.15, -0.1) is 0 Å². The molecule has 0 aromatic rings. The van der Waals surface area contributed by atoms with Gasteiger partial charge in [-0.2, -0.15) is 0 Å². The number of hydrogen-bond donors (Lipinski definition) is 0. The molecule has 0 heterocycles. The van der Waals surface area contributed by atoms with Crippen LogP contribution in [0.2, 0.25) is 39.3 Å². The summed E-state index contributed by atoms with van der Waals surface area (Å²) < 4.78 is 2.05. The monoisotopic (exact) mass is 303 g/mol. The standard InChI is InChI=1S/C15H36PSi2/c1-14(2,3)16(15(4,5)6)13(17(7,8)9)18(10,11)12/h1-12H3/q+1. The highest BCUT2D eigenvalue weighted by Gasteiger charge is 2.49. The van der Waals surface area contributed by atoms with E-state index in [1.54, 1.807) is 0 Å². The number of hydrogen-bond acceptors (Lipinski definition) is 0. The van der Waals surface area contributed by atoms with Crippen molar-refractivity contribution in [1.29, 1.82) is 0 Å². The van der Waals surface area contributed by atoms with Crippen molar-refractivity contribution in [1.82, 2.24) is 0 Å². The molecule has 0 fully saturated rings. The second-order valence-corrected chi connectivity index (χ2v) is 24.7. The third-order valence-corrected chi connectivity index (χ3v) is 18.8. The highest BCUT2D eigenvalue weighted by atomic mass is 31.1. The first-order valence-electron chi connectivity index (χ1n) is 7.17. The molecule has 0 amide bonds. The average molecular weight is 304 g/mol. The van der Waals surface area contributed by atoms with Gasteiger partial charge in [0.1, 0.15) is 26.5 Å². The Kier molecular flexibility index (Phi) is 5.36. The van der Waals surface area contributed by atoms with Crippen LogP contribution in [0.15, 0.2) is 0 Å². The van der Waals surface area contributed by atoms with E-state index in [0.29, 0.717) is 10.3 Å². The van der Waals surface area contributed by atoms with E-state index < -0.39 is 16.1 Å². The normalized spacial score (nSPS) is 14.7. The lowest BCUT2D eigenvalue weighted by Gasteiger charge is -2.35. The van der Waals surface area contributed by atoms with E-state index in [2.05, 4.69) is 80.8 Å². The van der Waals surface area contributed by atoms with Crippen LogP contribution in [0, 0.1) is 0 Å². The molecule has 0 unspecified atom stereocenters. The maximum atomic E-state index is 2.56. The molecule has 0 saturated heterocycles. The minimum atomic E-state index is -1.20. The quantitative estimate of drug-likeness (QED) is 0.434. The molecule has 0 aliphatic carbocycles. The minimum absolute atomic E-state index is 0.0422. The van der Waals surface area contributed by atoms with Crippen molar-refractivity contribution in [2.45, 2.75) is 91.1 Å². The van der Waals surface area contributed by atoms with Crippen molar-refractivity contribution in [2.24, 2.45) is 0 Å². The van der Waals surface area contributed by atoms with Crippen LogP contribution in [0.1, 0.15) is 41.5 Å². The molecule has 0 aromatic heterocycles. The molecule has 0 saturated carbocycles. The van der Waals surface area contributed by atoms with E-state index in [4.69, 9.17) is 0 Å². The van der Waals surface area contributed by atoms with E-state index in [-0.39, 0.29) is 7.55 Å². The van der Waals surface area contributed by atoms with Crippen molar-refractivity contribution in [3.05, 3.63) is 0 Å². The van der Waals surface area contributed by atoms with Crippen molar-refractivity contribution in [3.63, 3.8) is 0 Å². The molecule has 3 heteroatoms. The fourth-order valence-electron chi connectivity index (χ4n) is 3.47. The molecule has 0 aromatic carbocycles. The van der Waals surface area contributed by atoms with E-state index >= 15 is 0 Å². The second kappa shape index (κ2) is 5.18. The maximum Gasteiger partial charge on any atom is 0.119 e. The van der Waals surface area contributed by atoms with Gasteiger partial charge in [0.25, 0.3) is 0 Å². The summed E-state index contributed by atoms with van der Waals surface area (Å²) in [6.45, 7) is 30.2. The maximum absolute atomic E-state index is 2.56. The Bertz CT molecular complexity index is 261. The van der Waals surface area contributed by atoms with Gasteiger partial charge in [-0.1, -0.05) is 39.3 Å². The minimum Gasteiger partial charge on any atom is -0.0628 e. The van der Waals surface area contributed by atoms with E-state index in [0.717, 1.165) is 0 Å². The Morgan fingerprint density at radius 2 is 0.833 bits per heavy atom. The Hall–Kier alpha value is 0.604. The zero-order chi connectivity index (χ0) is 15.2. The lowest BCUT2D eigenvalue weighted by atomic mass is 10.2. The topological polar surface area (TPSA) is 0 Å². The van der Waals surface area contributed by atoms with Crippen LogP contribution in [-0.4, -0.2) is 31.0 Å². The molecule has 0 bridgehead atoms. The van der Waals surface area contributed by atoms with Crippen molar-refractivity contribution in [3.8, 4) is 0 Å². The third-order valence-electron chi connectivity index (χ3n) is 2.99. The third kappa shape index (κ3) is 4.94. The molecule has 0 nitrogen and oxygen atoms in total. The van der Waals surface area contributed by atoms with Gasteiger partial charge < -0.3 is 0 Å². The lowest BCUT2D eigenvalue weighted by molar-refractivity contribution is 0.721. The van der Waals surface area contributed by atoms with Crippen LogP contribution in [0.4, 0.5) is 0 Å². The summed E-state index contributed by atoms with van der Waals surface area (Å²) in [6.07, 6.45) is 0. The Balaban J connectivity index is 6.44. The highest BCUT2D eigenvalue weighted by Crippen LogP contribution is 2.54. The summed E-state index contributed by atoms with van der Waals surface area (Å²) in [5.74, 6) is 0. The van der Waals surface area contributed by atoms with Gasteiger partial charge in [0, 0.05) is 0 Å². The molecule has 18 heavy (non-hydrogen) atoms. The second-order valence-electron chi connectivity index (χ2n) is 9.53. The van der Waals surface area contributed by atoms with E-state index in [1.807, 2.05) is 4.54 Å². The van der Waals surface area contributed by atoms with Gasteiger partial charge in [-0.05, 0) is 41.5 Å². The van der Waals surface area contributed by atoms with Crippen LogP contribution in [0.25, 0.3) is 0 Å². The van der Waals surface area contributed by atoms with Gasteiger partial charge >= 0.3 is 0 Å². The molecule has 0 rings (SSSR count). The Labute approximate surface area is 119 Å². The molecule has 108 valence electrons. The zero-order valence-corrected chi connectivity index (χ0v) is 17.8. The van der Waals surface area contributed by atoms with Crippen LogP contribution in [0.5, 0.6) is 0 Å². The SMILES string of the molecule is CC(C)(C)[P+](=C([Si](C)(C)C)[Si](C)(C)C)C(C)(C)C. The van der Waals surface area contributed by atoms with Crippen LogP contribution >= 0.6 is 7.55 Å². The summed E-state index contributed by atoms with van der Waals surface area (Å²) in [6, 6.07) is 0. The first-order chi connectivity index (χ1) is 7.49. The highest BCUT2D eigenvalue weighted by molar-refractivity contribution is 7.75. The van der Waals surface area contributed by atoms with E-state index in [1.165, 1.54) is 0 Å². The van der Waals surface area contributed by atoms with Gasteiger partial charge in [0.15, 0.2) is 0 Å². The van der Waals surface area contributed by atoms with Crippen molar-refractivity contribution in [2.75, 3.05) is 0 Å². The molecule has 0 atom stereocenters. The molecular formula is C15H36PSi2+.